The van der Waals surface area contributed by atoms with Crippen molar-refractivity contribution in [2.24, 2.45) is 0 Å². The predicted molar refractivity (Wildman–Crippen MR) is 79.7 cm³/mol. The highest BCUT2D eigenvalue weighted by atomic mass is 16.6. The normalized spacial score (nSPS) is 10.0. The van der Waals surface area contributed by atoms with Crippen molar-refractivity contribution in [3.8, 4) is 5.75 Å². The number of nitrogens with one attached hydrogen (secondary N) is 1. The summed E-state index contributed by atoms with van der Waals surface area (Å²) in [5.74, 6) is 0.105. The van der Waals surface area contributed by atoms with Gasteiger partial charge < -0.3 is 20.0 Å². The molecule has 2 aromatic carbocycles. The third-order valence-electron chi connectivity index (χ3n) is 2.90. The number of hydrogen-bond donors (Lipinski definition) is 3. The molecule has 0 aliphatic rings. The van der Waals surface area contributed by atoms with E-state index in [1.807, 2.05) is 30.3 Å². The molecule has 0 aliphatic carbocycles. The third kappa shape index (κ3) is 4.94. The van der Waals surface area contributed by atoms with Gasteiger partial charge in [0.15, 0.2) is 0 Å². The van der Waals surface area contributed by atoms with Crippen molar-refractivity contribution < 1.29 is 19.5 Å². The van der Waals surface area contributed by atoms with Crippen molar-refractivity contribution in [2.45, 2.75) is 6.42 Å². The zero-order chi connectivity index (χ0) is 15.1. The largest absolute Gasteiger partial charge is 0.707 e. The van der Waals surface area contributed by atoms with Gasteiger partial charge in [-0.05, 0) is 36.2 Å². The first-order chi connectivity index (χ1) is 10.1. The van der Waals surface area contributed by atoms with Gasteiger partial charge in [-0.25, -0.2) is 0 Å². The van der Waals surface area contributed by atoms with Crippen LogP contribution in [0.3, 0.4) is 0 Å². The summed E-state index contributed by atoms with van der Waals surface area (Å²) in [6.07, 6.45) is 0.768. The maximum atomic E-state index is 11.9. The van der Waals surface area contributed by atoms with Crippen LogP contribution in [-0.4, -0.2) is 29.8 Å². The monoisotopic (exact) mass is 285 g/mol. The van der Waals surface area contributed by atoms with Gasteiger partial charge in [-0.15, -0.1) is 0 Å². The van der Waals surface area contributed by atoms with Crippen LogP contribution in [0.25, 0.3) is 0 Å². The lowest BCUT2D eigenvalue weighted by molar-refractivity contribution is 0.0954. The minimum atomic E-state index is -1.87. The van der Waals surface area contributed by atoms with Crippen LogP contribution in [0.2, 0.25) is 0 Å². The molecule has 21 heavy (non-hydrogen) atoms. The molecule has 0 fully saturated rings. The van der Waals surface area contributed by atoms with E-state index in [-0.39, 0.29) is 11.7 Å². The predicted octanol–water partition coefficient (Wildman–Crippen LogP) is 1.01. The first-order valence-corrected chi connectivity index (χ1v) is 6.60. The van der Waals surface area contributed by atoms with Gasteiger partial charge in [-0.2, -0.15) is 0 Å². The Bertz CT molecular complexity index is 572. The fourth-order valence-electron chi connectivity index (χ4n) is 1.87. The summed E-state index contributed by atoms with van der Waals surface area (Å²) < 4.78 is 4.67. The molecule has 5 nitrogen and oxygen atoms in total. The van der Waals surface area contributed by atoms with E-state index in [0.29, 0.717) is 12.1 Å². The van der Waals surface area contributed by atoms with Crippen molar-refractivity contribution in [2.75, 3.05) is 6.54 Å². The molecule has 1 amide bonds. The number of hydrogen-bond acceptors (Lipinski definition) is 4. The lowest BCUT2D eigenvalue weighted by Gasteiger charge is -2.07. The SMILES string of the molecule is O=C(NCCc1ccccc1)c1ccc(OB(O)O)cc1. The molecule has 0 spiro atoms. The molecular formula is C15H16BNO4. The lowest BCUT2D eigenvalue weighted by atomic mass is 10.1. The van der Waals surface area contributed by atoms with E-state index in [9.17, 15) is 4.79 Å². The minimum Gasteiger partial charge on any atom is -0.512 e. The van der Waals surface area contributed by atoms with Crippen molar-refractivity contribution in [1.29, 1.82) is 0 Å². The molecule has 0 bridgehead atoms. The summed E-state index contributed by atoms with van der Waals surface area (Å²) in [5, 5.41) is 20.2. The first kappa shape index (κ1) is 15.1. The van der Waals surface area contributed by atoms with Crippen molar-refractivity contribution in [3.63, 3.8) is 0 Å². The van der Waals surface area contributed by atoms with E-state index in [1.54, 1.807) is 12.1 Å². The van der Waals surface area contributed by atoms with Crippen LogP contribution < -0.4 is 9.97 Å². The zero-order valence-corrected chi connectivity index (χ0v) is 11.4. The number of carbonyl (C=O) groups is 1. The quantitative estimate of drug-likeness (QED) is 0.692. The molecule has 0 saturated heterocycles. The van der Waals surface area contributed by atoms with Gasteiger partial charge in [-0.3, -0.25) is 4.79 Å². The molecule has 0 heterocycles. The summed E-state index contributed by atoms with van der Waals surface area (Å²) in [7, 11) is -1.87. The Morgan fingerprint density at radius 1 is 1.05 bits per heavy atom. The third-order valence-corrected chi connectivity index (χ3v) is 2.90. The fourth-order valence-corrected chi connectivity index (χ4v) is 1.87. The Hall–Kier alpha value is -2.31. The number of rotatable bonds is 6. The van der Waals surface area contributed by atoms with Crippen LogP contribution in [-0.2, 0) is 6.42 Å². The summed E-state index contributed by atoms with van der Waals surface area (Å²) in [5.41, 5.74) is 1.65. The molecule has 0 atom stereocenters. The number of benzene rings is 2. The second-order valence-corrected chi connectivity index (χ2v) is 4.46. The standard InChI is InChI=1S/C15H16BNO4/c18-15(17-11-10-12-4-2-1-3-5-12)13-6-8-14(9-7-13)21-16(19)20/h1-9,19-20H,10-11H2,(H,17,18). The number of carbonyl (C=O) groups excluding carboxylic acids is 1. The minimum absolute atomic E-state index is 0.179. The van der Waals surface area contributed by atoms with Crippen LogP contribution in [0.15, 0.2) is 54.6 Å². The highest BCUT2D eigenvalue weighted by Gasteiger charge is 2.11. The first-order valence-electron chi connectivity index (χ1n) is 6.60. The Morgan fingerprint density at radius 3 is 2.33 bits per heavy atom. The second-order valence-electron chi connectivity index (χ2n) is 4.46. The topological polar surface area (TPSA) is 78.8 Å². The second kappa shape index (κ2) is 7.47. The van der Waals surface area contributed by atoms with E-state index in [4.69, 9.17) is 10.0 Å². The van der Waals surface area contributed by atoms with Gasteiger partial charge in [0.05, 0.1) is 0 Å². The fraction of sp³-hybridized carbons (Fsp3) is 0.133. The molecule has 6 heteroatoms. The lowest BCUT2D eigenvalue weighted by Crippen LogP contribution is -2.25. The van der Waals surface area contributed by atoms with Gasteiger partial charge in [0, 0.05) is 12.1 Å². The van der Waals surface area contributed by atoms with Crippen molar-refractivity contribution in [3.05, 3.63) is 65.7 Å². The summed E-state index contributed by atoms with van der Waals surface area (Å²) in [6.45, 7) is 0.552. The Labute approximate surface area is 123 Å². The molecule has 2 aromatic rings. The van der Waals surface area contributed by atoms with E-state index >= 15 is 0 Å². The highest BCUT2D eigenvalue weighted by Crippen LogP contribution is 2.12. The van der Waals surface area contributed by atoms with Gasteiger partial charge in [0.1, 0.15) is 5.75 Å². The molecule has 0 saturated carbocycles. The molecule has 0 aliphatic heterocycles. The molecule has 3 N–H and O–H groups in total. The van der Waals surface area contributed by atoms with Gasteiger partial charge in [0.25, 0.3) is 5.91 Å². The summed E-state index contributed by atoms with van der Waals surface area (Å²) >= 11 is 0. The maximum absolute atomic E-state index is 11.9. The van der Waals surface area contributed by atoms with Crippen LogP contribution in [0.1, 0.15) is 15.9 Å². The van der Waals surface area contributed by atoms with Crippen LogP contribution >= 0.6 is 0 Å². The molecule has 2 rings (SSSR count). The zero-order valence-electron chi connectivity index (χ0n) is 11.4. The molecule has 0 aromatic heterocycles. The Morgan fingerprint density at radius 2 is 1.71 bits per heavy atom. The van der Waals surface area contributed by atoms with E-state index in [1.165, 1.54) is 17.7 Å². The Balaban J connectivity index is 1.83. The van der Waals surface area contributed by atoms with Crippen LogP contribution in [0.5, 0.6) is 5.75 Å². The average Bonchev–Trinajstić information content (AvgIpc) is 2.48. The summed E-state index contributed by atoms with van der Waals surface area (Å²) in [4.78, 5) is 11.9. The molecular weight excluding hydrogens is 269 g/mol. The van der Waals surface area contributed by atoms with E-state index in [2.05, 4.69) is 9.97 Å². The average molecular weight is 285 g/mol. The molecule has 0 radical (unpaired) electrons. The van der Waals surface area contributed by atoms with Gasteiger partial charge >= 0.3 is 7.32 Å². The molecule has 108 valence electrons. The summed E-state index contributed by atoms with van der Waals surface area (Å²) in [6, 6.07) is 16.0. The van der Waals surface area contributed by atoms with Gasteiger partial charge in [0.2, 0.25) is 0 Å². The van der Waals surface area contributed by atoms with Crippen molar-refractivity contribution >= 4 is 13.2 Å². The van der Waals surface area contributed by atoms with E-state index < -0.39 is 7.32 Å². The van der Waals surface area contributed by atoms with Crippen LogP contribution in [0, 0.1) is 0 Å². The van der Waals surface area contributed by atoms with Gasteiger partial charge in [-0.1, -0.05) is 30.3 Å². The number of amides is 1. The Kier molecular flexibility index (Phi) is 5.37. The van der Waals surface area contributed by atoms with Crippen molar-refractivity contribution in [1.82, 2.24) is 5.32 Å². The maximum Gasteiger partial charge on any atom is 0.707 e. The smallest absolute Gasteiger partial charge is 0.512 e. The highest BCUT2D eigenvalue weighted by molar-refractivity contribution is 6.33. The van der Waals surface area contributed by atoms with Crippen LogP contribution in [0.4, 0.5) is 0 Å². The van der Waals surface area contributed by atoms with E-state index in [0.717, 1.165) is 6.42 Å². The molecule has 0 unspecified atom stereocenters.